The Balaban J connectivity index is 1.60. The minimum absolute atomic E-state index is 0.153. The van der Waals surface area contributed by atoms with E-state index in [1.807, 2.05) is 11.8 Å². The Kier molecular flexibility index (Phi) is 4.18. The zero-order valence-electron chi connectivity index (χ0n) is 11.1. The van der Waals surface area contributed by atoms with Crippen LogP contribution in [0.15, 0.2) is 0 Å². The summed E-state index contributed by atoms with van der Waals surface area (Å²) in [4.78, 5) is 0. The number of hydrogen-bond donors (Lipinski definition) is 1. The van der Waals surface area contributed by atoms with Crippen LogP contribution in [-0.2, 0) is 9.47 Å². The summed E-state index contributed by atoms with van der Waals surface area (Å²) < 4.78 is 11.9. The van der Waals surface area contributed by atoms with E-state index in [9.17, 15) is 0 Å². The van der Waals surface area contributed by atoms with E-state index in [0.29, 0.717) is 12.0 Å². The van der Waals surface area contributed by atoms with Crippen molar-refractivity contribution in [3.8, 4) is 0 Å². The zero-order valence-corrected chi connectivity index (χ0v) is 11.9. The number of ether oxygens (including phenoxy) is 2. The lowest BCUT2D eigenvalue weighted by Crippen LogP contribution is -2.50. The fraction of sp³-hybridized carbons (Fsp3) is 1.00. The SMILES string of the molecule is NC(C1CCOC2(CCSC2)C1)C1CCCCO1. The highest BCUT2D eigenvalue weighted by atomic mass is 32.2. The average Bonchev–Trinajstić information content (AvgIpc) is 2.87. The molecule has 0 aromatic rings. The minimum atomic E-state index is 0.153. The van der Waals surface area contributed by atoms with Gasteiger partial charge in [-0.05, 0) is 50.2 Å². The van der Waals surface area contributed by atoms with Gasteiger partial charge in [-0.3, -0.25) is 0 Å². The summed E-state index contributed by atoms with van der Waals surface area (Å²) in [5.74, 6) is 3.02. The third-order valence-electron chi connectivity index (χ3n) is 4.79. The zero-order chi connectivity index (χ0) is 12.4. The molecule has 0 amide bonds. The molecule has 0 aliphatic carbocycles. The van der Waals surface area contributed by atoms with Gasteiger partial charge in [-0.25, -0.2) is 0 Å². The average molecular weight is 271 g/mol. The standard InChI is InChI=1S/C14H25NO2S/c15-13(12-3-1-2-6-16-12)11-4-7-17-14(9-11)5-8-18-10-14/h11-13H,1-10,15H2. The molecule has 0 bridgehead atoms. The molecule has 4 atom stereocenters. The summed E-state index contributed by atoms with van der Waals surface area (Å²) in [6.07, 6.45) is 7.43. The lowest BCUT2D eigenvalue weighted by Gasteiger charge is -2.42. The number of hydrogen-bond acceptors (Lipinski definition) is 4. The molecule has 0 aromatic heterocycles. The van der Waals surface area contributed by atoms with Gasteiger partial charge >= 0.3 is 0 Å². The first-order chi connectivity index (χ1) is 8.79. The molecular formula is C14H25NO2S. The molecule has 0 radical (unpaired) electrons. The van der Waals surface area contributed by atoms with Gasteiger partial charge in [0.25, 0.3) is 0 Å². The van der Waals surface area contributed by atoms with E-state index in [1.54, 1.807) is 0 Å². The smallest absolute Gasteiger partial charge is 0.0783 e. The molecule has 0 aromatic carbocycles. The van der Waals surface area contributed by atoms with Gasteiger partial charge in [0.2, 0.25) is 0 Å². The summed E-state index contributed by atoms with van der Waals surface area (Å²) in [6, 6.07) is 0.219. The molecule has 3 aliphatic heterocycles. The first-order valence-electron chi connectivity index (χ1n) is 7.38. The van der Waals surface area contributed by atoms with Crippen molar-refractivity contribution in [2.45, 2.75) is 56.3 Å². The van der Waals surface area contributed by atoms with E-state index in [1.165, 1.54) is 30.8 Å². The van der Waals surface area contributed by atoms with Crippen LogP contribution in [0.4, 0.5) is 0 Å². The monoisotopic (exact) mass is 271 g/mol. The summed E-state index contributed by atoms with van der Waals surface area (Å²) >= 11 is 2.03. The van der Waals surface area contributed by atoms with Crippen LogP contribution in [-0.4, -0.2) is 42.5 Å². The van der Waals surface area contributed by atoms with E-state index in [0.717, 1.165) is 32.5 Å². The van der Waals surface area contributed by atoms with Gasteiger partial charge in [-0.2, -0.15) is 11.8 Å². The molecule has 3 rings (SSSR count). The third-order valence-corrected chi connectivity index (χ3v) is 6.01. The van der Waals surface area contributed by atoms with Gasteiger partial charge in [0, 0.05) is 25.0 Å². The second-order valence-corrected chi connectivity index (χ2v) is 7.17. The van der Waals surface area contributed by atoms with E-state index in [2.05, 4.69) is 0 Å². The molecule has 3 saturated heterocycles. The number of thioether (sulfide) groups is 1. The lowest BCUT2D eigenvalue weighted by atomic mass is 9.79. The molecule has 18 heavy (non-hydrogen) atoms. The van der Waals surface area contributed by atoms with Gasteiger partial charge in [0.05, 0.1) is 11.7 Å². The molecule has 3 heterocycles. The second-order valence-electron chi connectivity index (χ2n) is 6.07. The van der Waals surface area contributed by atoms with E-state index in [4.69, 9.17) is 15.2 Å². The molecule has 1 spiro atoms. The largest absolute Gasteiger partial charge is 0.377 e. The van der Waals surface area contributed by atoms with Crippen molar-refractivity contribution in [1.82, 2.24) is 0 Å². The van der Waals surface area contributed by atoms with Crippen LogP contribution >= 0.6 is 11.8 Å². The fourth-order valence-electron chi connectivity index (χ4n) is 3.63. The van der Waals surface area contributed by atoms with E-state index in [-0.39, 0.29) is 11.6 Å². The maximum atomic E-state index is 6.49. The van der Waals surface area contributed by atoms with Crippen molar-refractivity contribution in [3.05, 3.63) is 0 Å². The van der Waals surface area contributed by atoms with Gasteiger partial charge < -0.3 is 15.2 Å². The highest BCUT2D eigenvalue weighted by Crippen LogP contribution is 2.41. The molecule has 3 aliphatic rings. The van der Waals surface area contributed by atoms with Crippen molar-refractivity contribution in [3.63, 3.8) is 0 Å². The Morgan fingerprint density at radius 3 is 2.89 bits per heavy atom. The number of nitrogens with two attached hydrogens (primary N) is 1. The molecule has 0 saturated carbocycles. The van der Waals surface area contributed by atoms with Crippen LogP contribution < -0.4 is 5.73 Å². The van der Waals surface area contributed by atoms with Crippen LogP contribution in [0.1, 0.15) is 38.5 Å². The molecular weight excluding hydrogens is 246 g/mol. The maximum Gasteiger partial charge on any atom is 0.0783 e. The van der Waals surface area contributed by atoms with Gasteiger partial charge in [-0.15, -0.1) is 0 Å². The van der Waals surface area contributed by atoms with Crippen molar-refractivity contribution in [2.75, 3.05) is 24.7 Å². The Hall–Kier alpha value is 0.230. The van der Waals surface area contributed by atoms with Gasteiger partial charge in [0.15, 0.2) is 0 Å². The summed E-state index contributed by atoms with van der Waals surface area (Å²) in [5.41, 5.74) is 6.64. The van der Waals surface area contributed by atoms with Crippen LogP contribution in [0.5, 0.6) is 0 Å². The topological polar surface area (TPSA) is 44.5 Å². The highest BCUT2D eigenvalue weighted by Gasteiger charge is 2.43. The molecule has 3 fully saturated rings. The van der Waals surface area contributed by atoms with Crippen LogP contribution in [0.25, 0.3) is 0 Å². The summed E-state index contributed by atoms with van der Waals surface area (Å²) in [7, 11) is 0. The van der Waals surface area contributed by atoms with Crippen LogP contribution in [0, 0.1) is 5.92 Å². The minimum Gasteiger partial charge on any atom is -0.377 e. The van der Waals surface area contributed by atoms with Crippen molar-refractivity contribution >= 4 is 11.8 Å². The normalized spacial score (nSPS) is 43.2. The molecule has 3 nitrogen and oxygen atoms in total. The Labute approximate surface area is 114 Å². The molecule has 2 N–H and O–H groups in total. The molecule has 4 unspecified atom stereocenters. The predicted molar refractivity (Wildman–Crippen MR) is 74.9 cm³/mol. The Bertz CT molecular complexity index is 275. The number of rotatable bonds is 2. The first-order valence-corrected chi connectivity index (χ1v) is 8.53. The highest BCUT2D eigenvalue weighted by molar-refractivity contribution is 7.99. The first kappa shape index (κ1) is 13.2. The third kappa shape index (κ3) is 2.72. The Morgan fingerprint density at radius 1 is 1.22 bits per heavy atom. The molecule has 4 heteroatoms. The van der Waals surface area contributed by atoms with Crippen molar-refractivity contribution < 1.29 is 9.47 Å². The summed E-state index contributed by atoms with van der Waals surface area (Å²) in [5, 5.41) is 0. The van der Waals surface area contributed by atoms with Crippen LogP contribution in [0.3, 0.4) is 0 Å². The van der Waals surface area contributed by atoms with Gasteiger partial charge in [-0.1, -0.05) is 0 Å². The van der Waals surface area contributed by atoms with Crippen LogP contribution in [0.2, 0.25) is 0 Å². The fourth-order valence-corrected chi connectivity index (χ4v) is 5.01. The van der Waals surface area contributed by atoms with E-state index >= 15 is 0 Å². The quantitative estimate of drug-likeness (QED) is 0.836. The maximum absolute atomic E-state index is 6.49. The lowest BCUT2D eigenvalue weighted by molar-refractivity contribution is -0.0978. The Morgan fingerprint density at radius 2 is 2.17 bits per heavy atom. The summed E-state index contributed by atoms with van der Waals surface area (Å²) in [6.45, 7) is 1.80. The van der Waals surface area contributed by atoms with Crippen molar-refractivity contribution in [1.29, 1.82) is 0 Å². The van der Waals surface area contributed by atoms with E-state index < -0.39 is 0 Å². The molecule has 104 valence electrons. The predicted octanol–water partition coefficient (Wildman–Crippen LogP) is 2.19. The van der Waals surface area contributed by atoms with Crippen molar-refractivity contribution in [2.24, 2.45) is 11.7 Å². The van der Waals surface area contributed by atoms with Gasteiger partial charge in [0.1, 0.15) is 0 Å². The second kappa shape index (κ2) is 5.70.